The number of fused-ring (bicyclic) bond motifs is 1. The number of aliphatic hydroxyl groups excluding tert-OH is 1. The van der Waals surface area contributed by atoms with Crippen molar-refractivity contribution in [2.75, 3.05) is 33.9 Å². The number of ether oxygens (including phenoxy) is 2. The summed E-state index contributed by atoms with van der Waals surface area (Å²) >= 11 is 0. The van der Waals surface area contributed by atoms with Gasteiger partial charge in [0.15, 0.2) is 0 Å². The fraction of sp³-hybridized carbons (Fsp3) is 0.519. The lowest BCUT2D eigenvalue weighted by atomic mass is 9.99. The lowest BCUT2D eigenvalue weighted by molar-refractivity contribution is -0.131. The third-order valence-corrected chi connectivity index (χ3v) is 6.98. The number of aromatic nitrogens is 1. The molecule has 2 aliphatic rings. The first-order chi connectivity index (χ1) is 16.8. The first-order valence-electron chi connectivity index (χ1n) is 12.3. The van der Waals surface area contributed by atoms with Crippen LogP contribution in [0.5, 0.6) is 11.6 Å². The number of pyridine rings is 1. The van der Waals surface area contributed by atoms with E-state index in [2.05, 4.69) is 4.98 Å². The number of likely N-dealkylation sites (N-methyl/N-ethyl adjacent to an activating group) is 1. The molecule has 1 saturated carbocycles. The van der Waals surface area contributed by atoms with Crippen LogP contribution in [-0.2, 0) is 4.79 Å². The monoisotopic (exact) mass is 481 g/mol. The van der Waals surface area contributed by atoms with Crippen molar-refractivity contribution in [1.82, 2.24) is 14.8 Å². The average molecular weight is 482 g/mol. The Bertz CT molecular complexity index is 1070. The predicted molar refractivity (Wildman–Crippen MR) is 132 cm³/mol. The van der Waals surface area contributed by atoms with Crippen LogP contribution in [0.25, 0.3) is 11.1 Å². The van der Waals surface area contributed by atoms with E-state index in [1.165, 1.54) is 0 Å². The van der Waals surface area contributed by atoms with Crippen molar-refractivity contribution in [1.29, 1.82) is 0 Å². The van der Waals surface area contributed by atoms with Gasteiger partial charge in [0.1, 0.15) is 17.4 Å². The van der Waals surface area contributed by atoms with Gasteiger partial charge in [0.2, 0.25) is 11.8 Å². The number of para-hydroxylation sites is 1. The Hall–Kier alpha value is -3.13. The van der Waals surface area contributed by atoms with E-state index in [1.807, 2.05) is 38.1 Å². The summed E-state index contributed by atoms with van der Waals surface area (Å²) in [6.07, 6.45) is 4.14. The van der Waals surface area contributed by atoms with Crippen LogP contribution in [0.4, 0.5) is 0 Å². The number of rotatable bonds is 8. The lowest BCUT2D eigenvalue weighted by Crippen LogP contribution is -2.50. The van der Waals surface area contributed by atoms with Crippen molar-refractivity contribution in [3.05, 3.63) is 42.1 Å². The molecular weight excluding hydrogens is 446 g/mol. The molecule has 35 heavy (non-hydrogen) atoms. The van der Waals surface area contributed by atoms with Crippen LogP contribution in [0.2, 0.25) is 0 Å². The first-order valence-corrected chi connectivity index (χ1v) is 12.3. The van der Waals surface area contributed by atoms with Gasteiger partial charge in [0.25, 0.3) is 5.91 Å². The molecule has 1 fully saturated rings. The number of benzene rings is 1. The molecule has 1 aliphatic heterocycles. The Morgan fingerprint density at radius 3 is 2.74 bits per heavy atom. The molecule has 8 heteroatoms. The van der Waals surface area contributed by atoms with E-state index in [9.17, 15) is 14.7 Å². The number of aliphatic hydroxyl groups is 1. The van der Waals surface area contributed by atoms with Crippen molar-refractivity contribution < 1.29 is 24.2 Å². The molecule has 3 atom stereocenters. The molecule has 4 rings (SSSR count). The largest absolute Gasteiger partial charge is 0.496 e. The second-order valence-electron chi connectivity index (χ2n) is 9.82. The highest BCUT2D eigenvalue weighted by molar-refractivity contribution is 5.98. The van der Waals surface area contributed by atoms with Crippen LogP contribution < -0.4 is 9.47 Å². The Labute approximate surface area is 206 Å². The van der Waals surface area contributed by atoms with Crippen LogP contribution in [-0.4, -0.2) is 77.7 Å². The minimum absolute atomic E-state index is 0.0760. The second kappa shape index (κ2) is 10.6. The summed E-state index contributed by atoms with van der Waals surface area (Å²) in [5, 5.41) is 9.87. The first kappa shape index (κ1) is 25.0. The number of amides is 2. The number of hydrogen-bond donors (Lipinski definition) is 1. The fourth-order valence-corrected chi connectivity index (χ4v) is 4.45. The van der Waals surface area contributed by atoms with Crippen molar-refractivity contribution in [2.24, 2.45) is 11.8 Å². The molecule has 0 unspecified atom stereocenters. The van der Waals surface area contributed by atoms with Crippen molar-refractivity contribution >= 4 is 11.8 Å². The maximum atomic E-state index is 13.6. The van der Waals surface area contributed by atoms with Crippen LogP contribution in [0, 0.1) is 11.8 Å². The molecule has 1 aromatic heterocycles. The van der Waals surface area contributed by atoms with Crippen LogP contribution in [0.1, 0.15) is 43.5 Å². The summed E-state index contributed by atoms with van der Waals surface area (Å²) in [4.78, 5) is 34.2. The smallest absolute Gasteiger partial charge is 0.259 e. The summed E-state index contributed by atoms with van der Waals surface area (Å²) in [7, 11) is 3.41. The van der Waals surface area contributed by atoms with E-state index in [-0.39, 0.29) is 42.4 Å². The highest BCUT2D eigenvalue weighted by Crippen LogP contribution is 2.35. The summed E-state index contributed by atoms with van der Waals surface area (Å²) in [5.74, 6) is 1.22. The van der Waals surface area contributed by atoms with E-state index in [0.29, 0.717) is 36.7 Å². The van der Waals surface area contributed by atoms with E-state index in [0.717, 1.165) is 24.0 Å². The van der Waals surface area contributed by atoms with Crippen LogP contribution >= 0.6 is 0 Å². The number of hydrogen-bond acceptors (Lipinski definition) is 6. The summed E-state index contributed by atoms with van der Waals surface area (Å²) < 4.78 is 11.8. The minimum Gasteiger partial charge on any atom is -0.496 e. The molecule has 2 amide bonds. The number of carbonyl (C=O) groups is 2. The molecule has 188 valence electrons. The maximum absolute atomic E-state index is 13.6. The van der Waals surface area contributed by atoms with Gasteiger partial charge in [-0.05, 0) is 37.8 Å². The fourth-order valence-electron chi connectivity index (χ4n) is 4.45. The summed E-state index contributed by atoms with van der Waals surface area (Å²) in [5.41, 5.74) is 1.88. The third kappa shape index (κ3) is 5.59. The van der Waals surface area contributed by atoms with E-state index >= 15 is 0 Å². The van der Waals surface area contributed by atoms with Gasteiger partial charge in [-0.2, -0.15) is 0 Å². The molecule has 0 saturated heterocycles. The van der Waals surface area contributed by atoms with Gasteiger partial charge >= 0.3 is 0 Å². The van der Waals surface area contributed by atoms with Crippen molar-refractivity contribution in [3.63, 3.8) is 0 Å². The SMILES string of the molecule is COc1ccccc1-c1cnc2c(c1)C(=O)N([C@@H](C)CO)C[C@@H](C)[C@@H](CN(C)C(=O)CC1CC1)O2. The molecule has 2 heterocycles. The summed E-state index contributed by atoms with van der Waals surface area (Å²) in [6, 6.07) is 8.95. The zero-order chi connectivity index (χ0) is 25.1. The molecular formula is C27H35N3O5. The quantitative estimate of drug-likeness (QED) is 0.622. The van der Waals surface area contributed by atoms with Crippen molar-refractivity contribution in [3.8, 4) is 22.8 Å². The van der Waals surface area contributed by atoms with Crippen molar-refractivity contribution in [2.45, 2.75) is 45.3 Å². The molecule has 0 radical (unpaired) electrons. The highest BCUT2D eigenvalue weighted by Gasteiger charge is 2.35. The number of methoxy groups -OCH3 is 1. The van der Waals surface area contributed by atoms with Gasteiger partial charge in [-0.15, -0.1) is 0 Å². The zero-order valence-electron chi connectivity index (χ0n) is 20.9. The van der Waals surface area contributed by atoms with Gasteiger partial charge < -0.3 is 24.4 Å². The number of nitrogens with zero attached hydrogens (tertiary/aromatic N) is 3. The topological polar surface area (TPSA) is 92.2 Å². The minimum atomic E-state index is -0.374. The second-order valence-corrected chi connectivity index (χ2v) is 9.82. The van der Waals surface area contributed by atoms with E-state index in [4.69, 9.17) is 9.47 Å². The number of carbonyl (C=O) groups excluding carboxylic acids is 2. The molecule has 2 aromatic rings. The molecule has 1 aliphatic carbocycles. The van der Waals surface area contributed by atoms with Gasteiger partial charge in [-0.3, -0.25) is 9.59 Å². The Morgan fingerprint density at radius 2 is 2.06 bits per heavy atom. The average Bonchev–Trinajstić information content (AvgIpc) is 3.69. The predicted octanol–water partition coefficient (Wildman–Crippen LogP) is 3.24. The zero-order valence-corrected chi connectivity index (χ0v) is 20.9. The Kier molecular flexibility index (Phi) is 7.60. The standard InChI is InChI=1S/C27H35N3O5/c1-17-14-30(18(2)16-31)27(33)22-12-20(21-7-5-6-8-23(21)34-4)13-28-26(22)35-24(17)15-29(3)25(32)11-19-9-10-19/h5-8,12-13,17-19,24,31H,9-11,14-16H2,1-4H3/t17-,18+,24-/m1/s1. The highest BCUT2D eigenvalue weighted by atomic mass is 16.5. The maximum Gasteiger partial charge on any atom is 0.259 e. The van der Waals surface area contributed by atoms with Gasteiger partial charge in [-0.25, -0.2) is 4.98 Å². The van der Waals surface area contributed by atoms with Crippen LogP contribution in [0.15, 0.2) is 36.5 Å². The Morgan fingerprint density at radius 1 is 1.31 bits per heavy atom. The molecule has 1 aromatic carbocycles. The Balaban J connectivity index is 1.68. The molecule has 0 spiro atoms. The van der Waals surface area contributed by atoms with Gasteiger partial charge in [0.05, 0.1) is 26.3 Å². The molecule has 1 N–H and O–H groups in total. The third-order valence-electron chi connectivity index (χ3n) is 6.98. The molecule has 0 bridgehead atoms. The normalized spacial score (nSPS) is 20.8. The van der Waals surface area contributed by atoms with Gasteiger partial charge in [0, 0.05) is 43.3 Å². The van der Waals surface area contributed by atoms with E-state index < -0.39 is 0 Å². The van der Waals surface area contributed by atoms with Gasteiger partial charge in [-0.1, -0.05) is 25.1 Å². The molecule has 8 nitrogen and oxygen atoms in total. The van der Waals surface area contributed by atoms with Crippen LogP contribution in [0.3, 0.4) is 0 Å². The lowest BCUT2D eigenvalue weighted by Gasteiger charge is -2.37. The van der Waals surface area contributed by atoms with E-state index in [1.54, 1.807) is 36.2 Å². The summed E-state index contributed by atoms with van der Waals surface area (Å²) in [6.45, 7) is 4.47.